The SMILES string of the molecule is CCCCc1cccc(C(=O)[O-])c1C(=O)[O-].[Mg+2]. The van der Waals surface area contributed by atoms with Crippen LogP contribution in [0.25, 0.3) is 0 Å². The Morgan fingerprint density at radius 3 is 2.29 bits per heavy atom. The molecule has 0 aliphatic carbocycles. The van der Waals surface area contributed by atoms with Crippen LogP contribution in [0.15, 0.2) is 18.2 Å². The zero-order valence-corrected chi connectivity index (χ0v) is 11.1. The Morgan fingerprint density at radius 1 is 1.18 bits per heavy atom. The predicted octanol–water partition coefficient (Wildman–Crippen LogP) is -0.625. The van der Waals surface area contributed by atoms with Crippen LogP contribution in [0.3, 0.4) is 0 Å². The number of carboxylic acids is 2. The molecule has 0 amide bonds. The normalized spacial score (nSPS) is 9.47. The maximum absolute atomic E-state index is 10.9. The van der Waals surface area contributed by atoms with Crippen molar-refractivity contribution in [1.29, 1.82) is 0 Å². The molecule has 0 bridgehead atoms. The second-order valence-corrected chi connectivity index (χ2v) is 3.52. The summed E-state index contributed by atoms with van der Waals surface area (Å²) in [5.74, 6) is -2.96. The maximum atomic E-state index is 10.9. The van der Waals surface area contributed by atoms with Gasteiger partial charge in [0.25, 0.3) is 0 Å². The van der Waals surface area contributed by atoms with E-state index in [1.165, 1.54) is 12.1 Å². The first-order valence-electron chi connectivity index (χ1n) is 5.12. The number of hydrogen-bond donors (Lipinski definition) is 0. The summed E-state index contributed by atoms with van der Waals surface area (Å²) < 4.78 is 0. The zero-order chi connectivity index (χ0) is 12.1. The fourth-order valence-electron chi connectivity index (χ4n) is 1.59. The summed E-state index contributed by atoms with van der Waals surface area (Å²) in [5.41, 5.74) is -0.0758. The molecule has 0 aliphatic heterocycles. The van der Waals surface area contributed by atoms with Gasteiger partial charge in [0.15, 0.2) is 0 Å². The molecule has 0 N–H and O–H groups in total. The largest absolute Gasteiger partial charge is 2.00 e. The molecule has 1 rings (SSSR count). The van der Waals surface area contributed by atoms with Gasteiger partial charge in [-0.1, -0.05) is 31.5 Å². The quantitative estimate of drug-likeness (QED) is 0.646. The number of rotatable bonds is 5. The van der Waals surface area contributed by atoms with Crippen LogP contribution in [0.2, 0.25) is 0 Å². The number of carbonyl (C=O) groups excluding carboxylic acids is 2. The Labute approximate surface area is 116 Å². The minimum atomic E-state index is -1.49. The second kappa shape index (κ2) is 7.29. The van der Waals surface area contributed by atoms with E-state index in [0.29, 0.717) is 12.0 Å². The van der Waals surface area contributed by atoms with Crippen LogP contribution in [-0.4, -0.2) is 35.0 Å². The van der Waals surface area contributed by atoms with E-state index in [2.05, 4.69) is 0 Å². The molecule has 86 valence electrons. The fraction of sp³-hybridized carbons (Fsp3) is 0.333. The number of hydrogen-bond acceptors (Lipinski definition) is 4. The Morgan fingerprint density at radius 2 is 1.82 bits per heavy atom. The molecule has 0 unspecified atom stereocenters. The Hall–Kier alpha value is -1.07. The molecule has 0 saturated carbocycles. The van der Waals surface area contributed by atoms with Crippen LogP contribution < -0.4 is 10.2 Å². The van der Waals surface area contributed by atoms with Gasteiger partial charge in [0.1, 0.15) is 0 Å². The van der Waals surface area contributed by atoms with E-state index in [4.69, 9.17) is 0 Å². The van der Waals surface area contributed by atoms with Crippen LogP contribution in [0.4, 0.5) is 0 Å². The topological polar surface area (TPSA) is 80.3 Å². The number of unbranched alkanes of at least 4 members (excludes halogenated alkanes) is 1. The summed E-state index contributed by atoms with van der Waals surface area (Å²) in [6.07, 6.45) is 2.24. The summed E-state index contributed by atoms with van der Waals surface area (Å²) in [5, 5.41) is 21.7. The second-order valence-electron chi connectivity index (χ2n) is 3.52. The maximum Gasteiger partial charge on any atom is 2.00 e. The first-order valence-corrected chi connectivity index (χ1v) is 5.12. The smallest absolute Gasteiger partial charge is 0.545 e. The summed E-state index contributed by atoms with van der Waals surface area (Å²) in [7, 11) is 0. The molecular formula is C12H12MgO4. The first kappa shape index (κ1) is 15.9. The Kier molecular flexibility index (Phi) is 6.83. The van der Waals surface area contributed by atoms with Gasteiger partial charge in [0.2, 0.25) is 0 Å². The van der Waals surface area contributed by atoms with Crippen molar-refractivity contribution in [2.75, 3.05) is 0 Å². The summed E-state index contributed by atoms with van der Waals surface area (Å²) in [6.45, 7) is 1.97. The average molecular weight is 245 g/mol. The standard InChI is InChI=1S/C12H14O4.Mg/c1-2-3-5-8-6-4-7-9(11(13)14)10(8)12(15)16;/h4,6-7H,2-3,5H2,1H3,(H,13,14)(H,15,16);/q;+2/p-2. The molecule has 0 aliphatic rings. The third kappa shape index (κ3) is 4.01. The molecule has 1 aromatic carbocycles. The molecule has 0 heterocycles. The average Bonchev–Trinajstić information content (AvgIpc) is 2.25. The number of aromatic carboxylic acids is 2. The summed E-state index contributed by atoms with van der Waals surface area (Å²) >= 11 is 0. The van der Waals surface area contributed by atoms with Gasteiger partial charge < -0.3 is 19.8 Å². The van der Waals surface area contributed by atoms with Gasteiger partial charge >= 0.3 is 23.1 Å². The zero-order valence-electron chi connectivity index (χ0n) is 9.69. The van der Waals surface area contributed by atoms with E-state index < -0.39 is 11.9 Å². The fourth-order valence-corrected chi connectivity index (χ4v) is 1.59. The minimum Gasteiger partial charge on any atom is -0.545 e. The molecule has 0 aromatic heterocycles. The van der Waals surface area contributed by atoms with Gasteiger partial charge in [0.05, 0.1) is 11.9 Å². The molecule has 1 aromatic rings. The minimum absolute atomic E-state index is 0. The Bertz CT molecular complexity index is 415. The van der Waals surface area contributed by atoms with Crippen LogP contribution in [0.1, 0.15) is 46.0 Å². The van der Waals surface area contributed by atoms with E-state index in [-0.39, 0.29) is 34.2 Å². The number of carboxylic acid groups (broad SMARTS) is 2. The van der Waals surface area contributed by atoms with Gasteiger partial charge in [-0.15, -0.1) is 0 Å². The third-order valence-corrected chi connectivity index (χ3v) is 2.37. The molecule has 0 atom stereocenters. The van der Waals surface area contributed by atoms with E-state index in [1.54, 1.807) is 6.07 Å². The molecule has 17 heavy (non-hydrogen) atoms. The first-order chi connectivity index (χ1) is 7.57. The molecular weight excluding hydrogens is 232 g/mol. The van der Waals surface area contributed by atoms with Crippen LogP contribution >= 0.6 is 0 Å². The molecule has 0 fully saturated rings. The molecule has 0 radical (unpaired) electrons. The van der Waals surface area contributed by atoms with Gasteiger partial charge in [-0.25, -0.2) is 0 Å². The van der Waals surface area contributed by atoms with E-state index in [0.717, 1.165) is 12.8 Å². The van der Waals surface area contributed by atoms with Crippen LogP contribution in [0.5, 0.6) is 0 Å². The van der Waals surface area contributed by atoms with Crippen molar-refractivity contribution in [3.05, 3.63) is 34.9 Å². The number of carbonyl (C=O) groups is 2. The van der Waals surface area contributed by atoms with E-state index >= 15 is 0 Å². The van der Waals surface area contributed by atoms with E-state index in [1.807, 2.05) is 6.92 Å². The van der Waals surface area contributed by atoms with Gasteiger partial charge in [0, 0.05) is 11.1 Å². The summed E-state index contributed by atoms with van der Waals surface area (Å²) in [4.78, 5) is 21.7. The van der Waals surface area contributed by atoms with Crippen molar-refractivity contribution in [1.82, 2.24) is 0 Å². The molecule has 0 spiro atoms. The third-order valence-electron chi connectivity index (χ3n) is 2.37. The van der Waals surface area contributed by atoms with Gasteiger partial charge in [-0.2, -0.15) is 0 Å². The van der Waals surface area contributed by atoms with E-state index in [9.17, 15) is 19.8 Å². The molecule has 0 saturated heterocycles. The molecule has 4 nitrogen and oxygen atoms in total. The number of aryl methyl sites for hydroxylation is 1. The van der Waals surface area contributed by atoms with Crippen LogP contribution in [0, 0.1) is 0 Å². The van der Waals surface area contributed by atoms with Crippen molar-refractivity contribution in [3.63, 3.8) is 0 Å². The van der Waals surface area contributed by atoms with Crippen molar-refractivity contribution >= 4 is 35.0 Å². The Balaban J connectivity index is 0.00000256. The monoisotopic (exact) mass is 244 g/mol. The number of benzene rings is 1. The van der Waals surface area contributed by atoms with Crippen molar-refractivity contribution in [3.8, 4) is 0 Å². The van der Waals surface area contributed by atoms with Crippen LogP contribution in [-0.2, 0) is 6.42 Å². The van der Waals surface area contributed by atoms with Gasteiger partial charge in [-0.05, 0) is 18.4 Å². The van der Waals surface area contributed by atoms with Crippen molar-refractivity contribution < 1.29 is 19.8 Å². The van der Waals surface area contributed by atoms with Crippen molar-refractivity contribution in [2.24, 2.45) is 0 Å². The van der Waals surface area contributed by atoms with Gasteiger partial charge in [-0.3, -0.25) is 0 Å². The molecule has 5 heteroatoms. The predicted molar refractivity (Wildman–Crippen MR) is 59.5 cm³/mol. The summed E-state index contributed by atoms with van der Waals surface area (Å²) in [6, 6.07) is 4.34. The van der Waals surface area contributed by atoms with Crippen molar-refractivity contribution in [2.45, 2.75) is 26.2 Å².